The van der Waals surface area contributed by atoms with Gasteiger partial charge < -0.3 is 19.9 Å². The van der Waals surface area contributed by atoms with Crippen molar-refractivity contribution in [1.82, 2.24) is 0 Å². The zero-order valence-corrected chi connectivity index (χ0v) is 16.7. The number of ether oxygens (including phenoxy) is 3. The second kappa shape index (κ2) is 10.8. The first kappa shape index (κ1) is 23.4. The minimum Gasteiger partial charge on any atom is -0.489 e. The summed E-state index contributed by atoms with van der Waals surface area (Å²) in [6.45, 7) is 0.642. The van der Waals surface area contributed by atoms with Crippen molar-refractivity contribution < 1.29 is 27.4 Å². The molecule has 0 aliphatic rings. The molecule has 0 amide bonds. The van der Waals surface area contributed by atoms with Gasteiger partial charge in [-0.15, -0.1) is 25.6 Å². The van der Waals surface area contributed by atoms with Crippen LogP contribution in [0.3, 0.4) is 0 Å². The summed E-state index contributed by atoms with van der Waals surface area (Å²) in [4.78, 5) is 0. The third kappa shape index (κ3) is 6.86. The molecule has 160 valence electrons. The van der Waals surface area contributed by atoms with Gasteiger partial charge in [0.2, 0.25) is 0 Å². The Bertz CT molecular complexity index is 936. The third-order valence-electron chi connectivity index (χ3n) is 3.96. The molecule has 0 unspecified atom stereocenters. The highest BCUT2D eigenvalue weighted by Gasteiger charge is 2.32. The second-order valence-corrected chi connectivity index (χ2v) is 6.15. The van der Waals surface area contributed by atoms with E-state index in [4.69, 9.17) is 15.2 Å². The quantitative estimate of drug-likeness (QED) is 0.497. The molecule has 0 radical (unpaired) electrons. The maximum absolute atomic E-state index is 12.8. The molecule has 0 aliphatic carbocycles. The van der Waals surface area contributed by atoms with Crippen LogP contribution >= 0.6 is 12.4 Å². The zero-order chi connectivity index (χ0) is 20.7. The van der Waals surface area contributed by atoms with Gasteiger partial charge in [-0.05, 0) is 41.0 Å². The van der Waals surface area contributed by atoms with Crippen LogP contribution in [0.1, 0.15) is 5.56 Å². The van der Waals surface area contributed by atoms with Gasteiger partial charge in [0.05, 0.1) is 0 Å². The molecule has 0 fully saturated rings. The van der Waals surface area contributed by atoms with E-state index in [0.29, 0.717) is 23.5 Å². The number of alkyl halides is 3. The van der Waals surface area contributed by atoms with Crippen molar-refractivity contribution in [3.05, 3.63) is 78.4 Å². The Hall–Kier alpha value is -2.90. The van der Waals surface area contributed by atoms with E-state index in [-0.39, 0.29) is 31.3 Å². The van der Waals surface area contributed by atoms with E-state index < -0.39 is 12.1 Å². The van der Waals surface area contributed by atoms with E-state index in [1.54, 1.807) is 30.3 Å². The van der Waals surface area contributed by atoms with Crippen LogP contribution in [0.4, 0.5) is 13.2 Å². The summed E-state index contributed by atoms with van der Waals surface area (Å²) in [6.07, 6.45) is -4.83. The van der Waals surface area contributed by atoms with Crippen molar-refractivity contribution in [2.75, 3.05) is 13.2 Å². The molecule has 0 heterocycles. The van der Waals surface area contributed by atoms with Gasteiger partial charge in [0.1, 0.15) is 19.0 Å². The van der Waals surface area contributed by atoms with Crippen molar-refractivity contribution in [3.63, 3.8) is 0 Å². The SMILES string of the molecule is Cl.NCCOc1ccc(-c2cccc(OCc3ccccc3)c2)cc1OC(F)(F)F. The van der Waals surface area contributed by atoms with Crippen LogP contribution in [0.15, 0.2) is 72.8 Å². The first-order valence-corrected chi connectivity index (χ1v) is 8.94. The first-order valence-electron chi connectivity index (χ1n) is 8.94. The van der Waals surface area contributed by atoms with Gasteiger partial charge in [-0.3, -0.25) is 0 Å². The van der Waals surface area contributed by atoms with Crippen LogP contribution in [0.5, 0.6) is 17.2 Å². The zero-order valence-electron chi connectivity index (χ0n) is 15.9. The molecular weight excluding hydrogens is 419 g/mol. The van der Waals surface area contributed by atoms with Crippen LogP contribution in [0.25, 0.3) is 11.1 Å². The van der Waals surface area contributed by atoms with Gasteiger partial charge in [-0.2, -0.15) is 0 Å². The van der Waals surface area contributed by atoms with Crippen LogP contribution < -0.4 is 19.9 Å². The summed E-state index contributed by atoms with van der Waals surface area (Å²) in [5.41, 5.74) is 7.60. The summed E-state index contributed by atoms with van der Waals surface area (Å²) in [5, 5.41) is 0. The van der Waals surface area contributed by atoms with E-state index >= 15 is 0 Å². The van der Waals surface area contributed by atoms with E-state index in [2.05, 4.69) is 4.74 Å². The van der Waals surface area contributed by atoms with Gasteiger partial charge in [0.15, 0.2) is 11.5 Å². The molecule has 0 spiro atoms. The number of rotatable bonds is 8. The highest BCUT2D eigenvalue weighted by Crippen LogP contribution is 2.36. The van der Waals surface area contributed by atoms with Crippen molar-refractivity contribution in [2.24, 2.45) is 5.73 Å². The van der Waals surface area contributed by atoms with Gasteiger partial charge in [0, 0.05) is 6.54 Å². The minimum atomic E-state index is -4.83. The topological polar surface area (TPSA) is 53.7 Å². The van der Waals surface area contributed by atoms with Gasteiger partial charge in [0.25, 0.3) is 0 Å². The van der Waals surface area contributed by atoms with E-state index in [0.717, 1.165) is 5.56 Å². The minimum absolute atomic E-state index is 0. The van der Waals surface area contributed by atoms with E-state index in [1.807, 2.05) is 30.3 Å². The highest BCUT2D eigenvalue weighted by atomic mass is 35.5. The number of hydrogen-bond donors (Lipinski definition) is 1. The molecule has 3 rings (SSSR count). The normalized spacial score (nSPS) is 10.8. The number of halogens is 4. The van der Waals surface area contributed by atoms with E-state index in [1.165, 1.54) is 12.1 Å². The molecule has 0 atom stereocenters. The largest absolute Gasteiger partial charge is 0.573 e. The number of benzene rings is 3. The second-order valence-electron chi connectivity index (χ2n) is 6.15. The summed E-state index contributed by atoms with van der Waals surface area (Å²) in [7, 11) is 0. The lowest BCUT2D eigenvalue weighted by atomic mass is 10.0. The van der Waals surface area contributed by atoms with Crippen molar-refractivity contribution in [2.45, 2.75) is 13.0 Å². The molecule has 3 aromatic carbocycles. The predicted octanol–water partition coefficient (Wildman–Crippen LogP) is 5.59. The lowest BCUT2D eigenvalue weighted by molar-refractivity contribution is -0.275. The van der Waals surface area contributed by atoms with Crippen molar-refractivity contribution in [3.8, 4) is 28.4 Å². The lowest BCUT2D eigenvalue weighted by Crippen LogP contribution is -2.18. The third-order valence-corrected chi connectivity index (χ3v) is 3.96. The standard InChI is InChI=1S/C22H20F3NO3.ClH/c23-22(24,25)29-21-14-18(9-10-20(21)27-12-11-26)17-7-4-8-19(13-17)28-15-16-5-2-1-3-6-16;/h1-10,13-14H,11-12,15,26H2;1H. The summed E-state index contributed by atoms with van der Waals surface area (Å²) >= 11 is 0. The highest BCUT2D eigenvalue weighted by molar-refractivity contribution is 5.85. The molecule has 4 nitrogen and oxygen atoms in total. The molecule has 0 bridgehead atoms. The summed E-state index contributed by atoms with van der Waals surface area (Å²) < 4.78 is 53.5. The van der Waals surface area contributed by atoms with Crippen LogP contribution in [0, 0.1) is 0 Å². The van der Waals surface area contributed by atoms with Gasteiger partial charge >= 0.3 is 6.36 Å². The average Bonchev–Trinajstić information content (AvgIpc) is 2.71. The predicted molar refractivity (Wildman–Crippen MR) is 111 cm³/mol. The van der Waals surface area contributed by atoms with Crippen molar-refractivity contribution in [1.29, 1.82) is 0 Å². The Morgan fingerprint density at radius 1 is 0.767 bits per heavy atom. The van der Waals surface area contributed by atoms with Crippen LogP contribution in [-0.2, 0) is 6.61 Å². The van der Waals surface area contributed by atoms with E-state index in [9.17, 15) is 13.2 Å². The molecule has 2 N–H and O–H groups in total. The number of nitrogens with two attached hydrogens (primary N) is 1. The lowest BCUT2D eigenvalue weighted by Gasteiger charge is -2.15. The first-order chi connectivity index (χ1) is 13.9. The fourth-order valence-corrected chi connectivity index (χ4v) is 2.69. The maximum atomic E-state index is 12.8. The summed E-state index contributed by atoms with van der Waals surface area (Å²) in [6, 6.07) is 21.2. The molecule has 0 aromatic heterocycles. The fraction of sp³-hybridized carbons (Fsp3) is 0.182. The van der Waals surface area contributed by atoms with Gasteiger partial charge in [-0.1, -0.05) is 48.5 Å². The maximum Gasteiger partial charge on any atom is 0.573 e. The van der Waals surface area contributed by atoms with Crippen LogP contribution in [-0.4, -0.2) is 19.5 Å². The molecule has 3 aromatic rings. The molecule has 30 heavy (non-hydrogen) atoms. The Morgan fingerprint density at radius 2 is 1.50 bits per heavy atom. The Kier molecular flexibility index (Phi) is 8.38. The fourth-order valence-electron chi connectivity index (χ4n) is 2.69. The number of hydrogen-bond acceptors (Lipinski definition) is 4. The molecule has 0 aliphatic heterocycles. The Balaban J connectivity index is 0.00000320. The monoisotopic (exact) mass is 439 g/mol. The smallest absolute Gasteiger partial charge is 0.489 e. The summed E-state index contributed by atoms with van der Waals surface area (Å²) in [5.74, 6) is 0.167. The molecule has 0 saturated carbocycles. The molecular formula is C22H21ClF3NO3. The van der Waals surface area contributed by atoms with Crippen molar-refractivity contribution >= 4 is 12.4 Å². The van der Waals surface area contributed by atoms with Crippen LogP contribution in [0.2, 0.25) is 0 Å². The molecule has 8 heteroatoms. The Labute approximate surface area is 178 Å². The Morgan fingerprint density at radius 3 is 2.20 bits per heavy atom. The molecule has 0 saturated heterocycles. The average molecular weight is 440 g/mol. The van der Waals surface area contributed by atoms with Gasteiger partial charge in [-0.25, -0.2) is 0 Å².